The fourth-order valence-electron chi connectivity index (χ4n) is 1.87. The highest BCUT2D eigenvalue weighted by Gasteiger charge is 2.09. The molecule has 0 saturated heterocycles. The van der Waals surface area contributed by atoms with Crippen LogP contribution in [0.1, 0.15) is 12.5 Å². The summed E-state index contributed by atoms with van der Waals surface area (Å²) in [5.74, 6) is 1.32. The van der Waals surface area contributed by atoms with E-state index in [9.17, 15) is 0 Å². The topological polar surface area (TPSA) is 51.4 Å². The Morgan fingerprint density at radius 3 is 2.70 bits per heavy atom. The van der Waals surface area contributed by atoms with Gasteiger partial charge >= 0.3 is 0 Å². The summed E-state index contributed by atoms with van der Waals surface area (Å²) >= 11 is 3.56. The Kier molecular flexibility index (Phi) is 4.84. The SMILES string of the molecule is CCOc1nc(N(C)Cc2ccccc2Br)ccc1N. The lowest BCUT2D eigenvalue weighted by Crippen LogP contribution is -2.18. The van der Waals surface area contributed by atoms with E-state index in [4.69, 9.17) is 10.5 Å². The molecule has 2 aromatic rings. The van der Waals surface area contributed by atoms with Crippen LogP contribution in [0.25, 0.3) is 0 Å². The molecule has 0 aliphatic rings. The minimum absolute atomic E-state index is 0.490. The Morgan fingerprint density at radius 2 is 2.00 bits per heavy atom. The molecule has 0 aliphatic carbocycles. The zero-order chi connectivity index (χ0) is 14.5. The zero-order valence-corrected chi connectivity index (χ0v) is 13.2. The molecule has 0 bridgehead atoms. The average Bonchev–Trinajstić information content (AvgIpc) is 2.44. The van der Waals surface area contributed by atoms with E-state index in [2.05, 4.69) is 31.9 Å². The molecule has 0 saturated carbocycles. The average molecular weight is 336 g/mol. The Morgan fingerprint density at radius 1 is 1.25 bits per heavy atom. The van der Waals surface area contributed by atoms with E-state index in [1.807, 2.05) is 44.3 Å². The minimum Gasteiger partial charge on any atom is -0.476 e. The van der Waals surface area contributed by atoms with Crippen molar-refractivity contribution < 1.29 is 4.74 Å². The van der Waals surface area contributed by atoms with Gasteiger partial charge in [-0.2, -0.15) is 4.98 Å². The van der Waals surface area contributed by atoms with Gasteiger partial charge in [0.05, 0.1) is 12.3 Å². The standard InChI is InChI=1S/C15H18BrN3O/c1-3-20-15-13(17)8-9-14(18-15)19(2)10-11-6-4-5-7-12(11)16/h4-9H,3,10,17H2,1-2H3. The smallest absolute Gasteiger partial charge is 0.239 e. The van der Waals surface area contributed by atoms with Crippen molar-refractivity contribution in [3.05, 3.63) is 46.4 Å². The Bertz CT molecular complexity index is 589. The fraction of sp³-hybridized carbons (Fsp3) is 0.267. The number of halogens is 1. The molecular weight excluding hydrogens is 318 g/mol. The molecule has 0 amide bonds. The highest BCUT2D eigenvalue weighted by molar-refractivity contribution is 9.10. The first kappa shape index (κ1) is 14.7. The summed E-state index contributed by atoms with van der Waals surface area (Å²) in [6.07, 6.45) is 0. The molecule has 20 heavy (non-hydrogen) atoms. The van der Waals surface area contributed by atoms with Crippen LogP contribution >= 0.6 is 15.9 Å². The van der Waals surface area contributed by atoms with Gasteiger partial charge in [-0.3, -0.25) is 0 Å². The van der Waals surface area contributed by atoms with Gasteiger partial charge in [0.2, 0.25) is 5.88 Å². The Hall–Kier alpha value is -1.75. The van der Waals surface area contributed by atoms with E-state index in [-0.39, 0.29) is 0 Å². The number of hydrogen-bond acceptors (Lipinski definition) is 4. The van der Waals surface area contributed by atoms with Crippen LogP contribution in [0.15, 0.2) is 40.9 Å². The van der Waals surface area contributed by atoms with Crippen molar-refractivity contribution in [2.45, 2.75) is 13.5 Å². The largest absolute Gasteiger partial charge is 0.476 e. The van der Waals surface area contributed by atoms with Gasteiger partial charge in [0.25, 0.3) is 0 Å². The third-order valence-corrected chi connectivity index (χ3v) is 3.69. The number of nitrogen functional groups attached to an aromatic ring is 1. The van der Waals surface area contributed by atoms with Crippen molar-refractivity contribution in [2.75, 3.05) is 24.3 Å². The van der Waals surface area contributed by atoms with Gasteiger partial charge in [0, 0.05) is 18.1 Å². The highest BCUT2D eigenvalue weighted by atomic mass is 79.9. The summed E-state index contributed by atoms with van der Waals surface area (Å²) < 4.78 is 6.52. The third-order valence-electron chi connectivity index (χ3n) is 2.91. The van der Waals surface area contributed by atoms with Crippen LogP contribution in [0.2, 0.25) is 0 Å². The predicted octanol–water partition coefficient (Wildman–Crippen LogP) is 3.46. The van der Waals surface area contributed by atoms with E-state index in [1.165, 1.54) is 5.56 Å². The number of nitrogens with two attached hydrogens (primary N) is 1. The van der Waals surface area contributed by atoms with Gasteiger partial charge in [-0.1, -0.05) is 34.1 Å². The molecule has 5 heteroatoms. The lowest BCUT2D eigenvalue weighted by atomic mass is 10.2. The summed E-state index contributed by atoms with van der Waals surface area (Å²) in [6.45, 7) is 3.22. The van der Waals surface area contributed by atoms with Gasteiger partial charge in [-0.05, 0) is 30.7 Å². The molecule has 4 nitrogen and oxygen atoms in total. The van der Waals surface area contributed by atoms with Crippen molar-refractivity contribution in [1.29, 1.82) is 0 Å². The minimum atomic E-state index is 0.490. The summed E-state index contributed by atoms with van der Waals surface area (Å²) in [6, 6.07) is 11.9. The maximum absolute atomic E-state index is 5.84. The van der Waals surface area contributed by atoms with E-state index >= 15 is 0 Å². The third kappa shape index (κ3) is 3.42. The molecule has 2 rings (SSSR count). The number of anilines is 2. The van der Waals surface area contributed by atoms with Crippen LogP contribution in [0.4, 0.5) is 11.5 Å². The van der Waals surface area contributed by atoms with Crippen LogP contribution < -0.4 is 15.4 Å². The second-order valence-electron chi connectivity index (χ2n) is 4.44. The van der Waals surface area contributed by atoms with Crippen LogP contribution in [0.5, 0.6) is 5.88 Å². The summed E-state index contributed by atoms with van der Waals surface area (Å²) in [5.41, 5.74) is 7.60. The number of hydrogen-bond donors (Lipinski definition) is 1. The van der Waals surface area contributed by atoms with E-state index in [1.54, 1.807) is 0 Å². The number of aromatic nitrogens is 1. The number of ether oxygens (including phenoxy) is 1. The van der Waals surface area contributed by atoms with E-state index in [0.717, 1.165) is 16.8 Å². The first-order chi connectivity index (χ1) is 9.61. The van der Waals surface area contributed by atoms with Gasteiger partial charge in [-0.15, -0.1) is 0 Å². The molecular formula is C15H18BrN3O. The normalized spacial score (nSPS) is 10.3. The zero-order valence-electron chi connectivity index (χ0n) is 11.6. The quantitative estimate of drug-likeness (QED) is 0.908. The van der Waals surface area contributed by atoms with E-state index < -0.39 is 0 Å². The van der Waals surface area contributed by atoms with Gasteiger partial charge < -0.3 is 15.4 Å². The molecule has 0 radical (unpaired) electrons. The first-order valence-electron chi connectivity index (χ1n) is 6.45. The number of benzene rings is 1. The maximum Gasteiger partial charge on any atom is 0.239 e. The molecule has 1 heterocycles. The van der Waals surface area contributed by atoms with Crippen LogP contribution in [0, 0.1) is 0 Å². The first-order valence-corrected chi connectivity index (χ1v) is 7.25. The second kappa shape index (κ2) is 6.61. The van der Waals surface area contributed by atoms with Crippen LogP contribution in [-0.2, 0) is 6.54 Å². The number of pyridine rings is 1. The number of nitrogens with zero attached hydrogens (tertiary/aromatic N) is 2. The summed E-state index contributed by atoms with van der Waals surface area (Å²) in [5, 5.41) is 0. The Labute approximate surface area is 127 Å². The lowest BCUT2D eigenvalue weighted by Gasteiger charge is -2.20. The molecule has 0 fully saturated rings. The highest BCUT2D eigenvalue weighted by Crippen LogP contribution is 2.24. The van der Waals surface area contributed by atoms with Crippen LogP contribution in [-0.4, -0.2) is 18.6 Å². The molecule has 106 valence electrons. The predicted molar refractivity (Wildman–Crippen MR) is 86.1 cm³/mol. The molecule has 0 unspecified atom stereocenters. The van der Waals surface area contributed by atoms with Crippen molar-refractivity contribution in [2.24, 2.45) is 0 Å². The summed E-state index contributed by atoms with van der Waals surface area (Å²) in [4.78, 5) is 6.51. The summed E-state index contributed by atoms with van der Waals surface area (Å²) in [7, 11) is 1.99. The molecule has 0 atom stereocenters. The monoisotopic (exact) mass is 335 g/mol. The second-order valence-corrected chi connectivity index (χ2v) is 5.30. The van der Waals surface area contributed by atoms with Gasteiger partial charge in [0.15, 0.2) is 0 Å². The van der Waals surface area contributed by atoms with Gasteiger partial charge in [-0.25, -0.2) is 0 Å². The maximum atomic E-state index is 5.84. The Balaban J connectivity index is 2.19. The van der Waals surface area contributed by atoms with Crippen molar-refractivity contribution in [3.8, 4) is 5.88 Å². The lowest BCUT2D eigenvalue weighted by molar-refractivity contribution is 0.329. The van der Waals surface area contributed by atoms with E-state index in [0.29, 0.717) is 18.2 Å². The fourth-order valence-corrected chi connectivity index (χ4v) is 2.28. The van der Waals surface area contributed by atoms with Crippen molar-refractivity contribution in [3.63, 3.8) is 0 Å². The molecule has 0 spiro atoms. The van der Waals surface area contributed by atoms with Crippen LogP contribution in [0.3, 0.4) is 0 Å². The molecule has 1 aromatic heterocycles. The van der Waals surface area contributed by atoms with Gasteiger partial charge in [0.1, 0.15) is 5.82 Å². The molecule has 2 N–H and O–H groups in total. The number of rotatable bonds is 5. The van der Waals surface area contributed by atoms with Crippen molar-refractivity contribution >= 4 is 27.4 Å². The molecule has 0 aliphatic heterocycles. The van der Waals surface area contributed by atoms with Crippen molar-refractivity contribution in [1.82, 2.24) is 4.98 Å². The molecule has 1 aromatic carbocycles.